The number of aromatic nitrogens is 2. The Morgan fingerprint density at radius 2 is 1.79 bits per heavy atom. The first kappa shape index (κ1) is 23.9. The van der Waals surface area contributed by atoms with Crippen LogP contribution >= 0.6 is 23.8 Å². The second-order valence-electron chi connectivity index (χ2n) is 7.86. The maximum atomic E-state index is 13.2. The van der Waals surface area contributed by atoms with E-state index in [2.05, 4.69) is 10.3 Å². The summed E-state index contributed by atoms with van der Waals surface area (Å²) in [6.07, 6.45) is 0.672. The van der Waals surface area contributed by atoms with Crippen LogP contribution < -0.4 is 10.9 Å². The number of carbonyl (C=O) groups is 1. The average Bonchev–Trinajstić information content (AvgIpc) is 2.85. The number of H-pyrrole nitrogens is 1. The number of hydrogen-bond acceptors (Lipinski definition) is 4. The summed E-state index contributed by atoms with van der Waals surface area (Å²) in [5.74, 6) is -0.269. The summed E-state index contributed by atoms with van der Waals surface area (Å²) in [6.45, 7) is 0.995. The van der Waals surface area contributed by atoms with Gasteiger partial charge < -0.3 is 15.0 Å². The molecular formula is C26H24ClN3O3S. The number of hydrogen-bond donors (Lipinski definition) is 2. The summed E-state index contributed by atoms with van der Waals surface area (Å²) in [5, 5.41) is 4.20. The number of nitrogens with zero attached hydrogens (tertiary/aromatic N) is 1. The molecule has 0 saturated heterocycles. The van der Waals surface area contributed by atoms with E-state index in [1.807, 2.05) is 42.5 Å². The van der Waals surface area contributed by atoms with Crippen LogP contribution in [0.3, 0.4) is 0 Å². The number of methoxy groups -OCH3 is 1. The largest absolute Gasteiger partial charge is 0.385 e. The normalized spacial score (nSPS) is 11.9. The minimum atomic E-state index is -0.367. The monoisotopic (exact) mass is 493 g/mol. The average molecular weight is 494 g/mol. The lowest BCUT2D eigenvalue weighted by Crippen LogP contribution is -2.29. The van der Waals surface area contributed by atoms with E-state index in [1.165, 1.54) is 4.57 Å². The Morgan fingerprint density at radius 1 is 1.09 bits per heavy atom. The van der Waals surface area contributed by atoms with Crippen molar-refractivity contribution in [3.8, 4) is 0 Å². The molecule has 0 bridgehead atoms. The van der Waals surface area contributed by atoms with Crippen molar-refractivity contribution in [3.63, 3.8) is 0 Å². The van der Waals surface area contributed by atoms with Crippen LogP contribution in [0.2, 0.25) is 5.02 Å². The van der Waals surface area contributed by atoms with Gasteiger partial charge in [0.05, 0.1) is 16.9 Å². The van der Waals surface area contributed by atoms with E-state index in [4.69, 9.17) is 28.6 Å². The van der Waals surface area contributed by atoms with Crippen molar-refractivity contribution < 1.29 is 9.53 Å². The number of fused-ring (bicyclic) bond motifs is 1. The number of rotatable bonds is 8. The van der Waals surface area contributed by atoms with Gasteiger partial charge in [-0.25, -0.2) is 0 Å². The Hall–Kier alpha value is -3.26. The SMILES string of the molecule is COCCCn1c(=S)[nH]c2cc(C(=O)NC(c3ccccc3)c3ccc(Cl)cc3)ccc2c1=O. The zero-order valence-corrected chi connectivity index (χ0v) is 20.2. The molecule has 3 aromatic carbocycles. The second-order valence-corrected chi connectivity index (χ2v) is 8.69. The molecule has 1 unspecified atom stereocenters. The van der Waals surface area contributed by atoms with Crippen molar-refractivity contribution in [2.75, 3.05) is 13.7 Å². The Balaban J connectivity index is 1.65. The van der Waals surface area contributed by atoms with Gasteiger partial charge in [0.1, 0.15) is 0 Å². The Labute approximate surface area is 207 Å². The highest BCUT2D eigenvalue weighted by Crippen LogP contribution is 2.24. The summed E-state index contributed by atoms with van der Waals surface area (Å²) in [5.41, 5.74) is 2.60. The maximum Gasteiger partial charge on any atom is 0.262 e. The van der Waals surface area contributed by atoms with E-state index < -0.39 is 0 Å². The highest BCUT2D eigenvalue weighted by molar-refractivity contribution is 7.71. The number of carbonyl (C=O) groups excluding carboxylic acids is 1. The second kappa shape index (κ2) is 10.8. The molecular weight excluding hydrogens is 470 g/mol. The molecule has 1 atom stereocenters. The molecule has 0 aliphatic carbocycles. The van der Waals surface area contributed by atoms with Crippen molar-refractivity contribution in [2.24, 2.45) is 0 Å². The molecule has 0 fully saturated rings. The Bertz CT molecular complexity index is 1420. The fourth-order valence-electron chi connectivity index (χ4n) is 3.84. The van der Waals surface area contributed by atoms with Crippen molar-refractivity contribution in [1.29, 1.82) is 0 Å². The Kier molecular flexibility index (Phi) is 7.57. The van der Waals surface area contributed by atoms with Crippen LogP contribution in [0.5, 0.6) is 0 Å². The first-order valence-electron chi connectivity index (χ1n) is 10.8. The fourth-order valence-corrected chi connectivity index (χ4v) is 4.25. The lowest BCUT2D eigenvalue weighted by Gasteiger charge is -2.20. The van der Waals surface area contributed by atoms with Crippen molar-refractivity contribution in [2.45, 2.75) is 19.0 Å². The summed E-state index contributed by atoms with van der Waals surface area (Å²) < 4.78 is 6.89. The van der Waals surface area contributed by atoms with Gasteiger partial charge in [-0.15, -0.1) is 0 Å². The van der Waals surface area contributed by atoms with Gasteiger partial charge in [-0.1, -0.05) is 54.1 Å². The maximum absolute atomic E-state index is 13.2. The molecule has 0 saturated carbocycles. The van der Waals surface area contributed by atoms with Crippen LogP contribution in [0.1, 0.15) is 33.9 Å². The first-order valence-corrected chi connectivity index (χ1v) is 11.6. The lowest BCUT2D eigenvalue weighted by molar-refractivity contribution is 0.0943. The van der Waals surface area contributed by atoms with Gasteiger partial charge in [0.2, 0.25) is 0 Å². The van der Waals surface area contributed by atoms with Crippen LogP contribution in [0.4, 0.5) is 0 Å². The third kappa shape index (κ3) is 5.28. The number of ether oxygens (including phenoxy) is 1. The van der Waals surface area contributed by atoms with Gasteiger partial charge in [-0.05, 0) is 60.1 Å². The van der Waals surface area contributed by atoms with Crippen LogP contribution in [0.15, 0.2) is 77.6 Å². The molecule has 4 rings (SSSR count). The van der Waals surface area contributed by atoms with Gasteiger partial charge in [-0.2, -0.15) is 0 Å². The molecule has 0 aliphatic rings. The van der Waals surface area contributed by atoms with E-state index in [0.717, 1.165) is 11.1 Å². The molecule has 8 heteroatoms. The zero-order chi connectivity index (χ0) is 24.1. The molecule has 1 heterocycles. The molecule has 0 spiro atoms. The highest BCUT2D eigenvalue weighted by atomic mass is 35.5. The predicted octanol–water partition coefficient (Wildman–Crippen LogP) is 5.27. The smallest absolute Gasteiger partial charge is 0.262 e. The zero-order valence-electron chi connectivity index (χ0n) is 18.6. The summed E-state index contributed by atoms with van der Waals surface area (Å²) in [4.78, 5) is 29.3. The van der Waals surface area contributed by atoms with Gasteiger partial charge in [0, 0.05) is 30.8 Å². The number of nitrogens with one attached hydrogen (secondary N) is 2. The lowest BCUT2D eigenvalue weighted by atomic mass is 9.98. The molecule has 1 aromatic heterocycles. The van der Waals surface area contributed by atoms with Crippen LogP contribution in [0, 0.1) is 4.77 Å². The summed E-state index contributed by atoms with van der Waals surface area (Å²) in [7, 11) is 1.62. The minimum absolute atomic E-state index is 0.190. The Morgan fingerprint density at radius 3 is 2.50 bits per heavy atom. The van der Waals surface area contributed by atoms with E-state index >= 15 is 0 Å². The highest BCUT2D eigenvalue weighted by Gasteiger charge is 2.18. The van der Waals surface area contributed by atoms with Crippen LogP contribution in [-0.2, 0) is 11.3 Å². The molecule has 34 heavy (non-hydrogen) atoms. The van der Waals surface area contributed by atoms with E-state index in [1.54, 1.807) is 37.4 Å². The quantitative estimate of drug-likeness (QED) is 0.259. The van der Waals surface area contributed by atoms with Crippen molar-refractivity contribution in [1.82, 2.24) is 14.9 Å². The fraction of sp³-hybridized carbons (Fsp3) is 0.192. The minimum Gasteiger partial charge on any atom is -0.385 e. The predicted molar refractivity (Wildman–Crippen MR) is 137 cm³/mol. The molecule has 2 N–H and O–H groups in total. The molecule has 1 amide bonds. The van der Waals surface area contributed by atoms with E-state index in [0.29, 0.717) is 45.8 Å². The summed E-state index contributed by atoms with van der Waals surface area (Å²) >= 11 is 11.4. The van der Waals surface area contributed by atoms with E-state index in [-0.39, 0.29) is 17.5 Å². The van der Waals surface area contributed by atoms with Gasteiger partial charge in [-0.3, -0.25) is 14.2 Å². The van der Waals surface area contributed by atoms with E-state index in [9.17, 15) is 9.59 Å². The van der Waals surface area contributed by atoms with Gasteiger partial charge >= 0.3 is 0 Å². The third-order valence-corrected chi connectivity index (χ3v) is 6.16. The molecule has 4 aromatic rings. The number of halogens is 1. The van der Waals surface area contributed by atoms with Crippen molar-refractivity contribution >= 4 is 40.6 Å². The van der Waals surface area contributed by atoms with Crippen LogP contribution in [-0.4, -0.2) is 29.2 Å². The van der Waals surface area contributed by atoms with Gasteiger partial charge in [0.25, 0.3) is 11.5 Å². The summed E-state index contributed by atoms with van der Waals surface area (Å²) in [6, 6.07) is 21.7. The molecule has 0 radical (unpaired) electrons. The molecule has 0 aliphatic heterocycles. The standard InChI is InChI=1S/C26H24ClN3O3S/c1-33-15-5-14-30-25(32)21-13-10-19(16-22(21)28-26(30)34)24(31)29-23(17-6-3-2-4-7-17)18-8-11-20(27)12-9-18/h2-4,6-13,16,23H,5,14-15H2,1H3,(H,28,34)(H,29,31). The first-order chi connectivity index (χ1) is 16.5. The van der Waals surface area contributed by atoms with Crippen LogP contribution in [0.25, 0.3) is 10.9 Å². The third-order valence-electron chi connectivity index (χ3n) is 5.59. The number of amides is 1. The topological polar surface area (TPSA) is 76.1 Å². The molecule has 6 nitrogen and oxygen atoms in total. The van der Waals surface area contributed by atoms with Crippen molar-refractivity contribution in [3.05, 3.63) is 110 Å². The molecule has 174 valence electrons. The number of aromatic amines is 1. The number of benzene rings is 3. The van der Waals surface area contributed by atoms with Gasteiger partial charge in [0.15, 0.2) is 4.77 Å².